The summed E-state index contributed by atoms with van der Waals surface area (Å²) in [6.07, 6.45) is 1.64. The normalized spacial score (nSPS) is 26.3. The van der Waals surface area contributed by atoms with E-state index < -0.39 is 11.9 Å². The number of hydrogen-bond acceptors (Lipinski definition) is 6. The molecule has 3 saturated heterocycles. The third-order valence-corrected chi connectivity index (χ3v) is 2.38. The Morgan fingerprint density at radius 3 is 1.36 bits per heavy atom. The number of carbonyl (C=O) groups excluding carboxylic acids is 3. The van der Waals surface area contributed by atoms with Crippen LogP contribution in [-0.2, 0) is 37.9 Å². The van der Waals surface area contributed by atoms with E-state index in [1.807, 2.05) is 6.92 Å². The summed E-state index contributed by atoms with van der Waals surface area (Å²) < 4.78 is 28.4. The Bertz CT molecular complexity index is 394. The van der Waals surface area contributed by atoms with Gasteiger partial charge in [0, 0.05) is 0 Å². The number of carbonyl (C=O) groups is 3. The van der Waals surface area contributed by atoms with E-state index in [1.54, 1.807) is 6.92 Å². The van der Waals surface area contributed by atoms with E-state index in [4.69, 9.17) is 14.0 Å². The van der Waals surface area contributed by atoms with Crippen LogP contribution < -0.4 is 0 Å². The standard InChI is InChI=1S/C5H6O3.C4H6O2.C3H6O.2CO/c1-3-2-4(6)8-5(3)7;1-3-2-4(5)6-3;1-3-2-4-3;2*1-2/h3H,2H2,1H3;3H,2H2,1H3;3H,2H2,1H3;;. The van der Waals surface area contributed by atoms with Crippen LogP contribution in [0.15, 0.2) is 0 Å². The first-order chi connectivity index (χ1) is 10.4. The zero-order chi connectivity index (χ0) is 17.7. The fraction of sp³-hybridized carbons (Fsp3) is 0.643. The van der Waals surface area contributed by atoms with Crippen molar-refractivity contribution in [2.24, 2.45) is 5.92 Å². The van der Waals surface area contributed by atoms with Crippen molar-refractivity contribution in [3.05, 3.63) is 13.3 Å². The molecular formula is C14H18O8. The first-order valence-corrected chi connectivity index (χ1v) is 6.35. The Balaban J connectivity index is 0. The molecular weight excluding hydrogens is 296 g/mol. The molecule has 0 aromatic rings. The predicted molar refractivity (Wildman–Crippen MR) is 68.3 cm³/mol. The van der Waals surface area contributed by atoms with Crippen molar-refractivity contribution in [3.63, 3.8) is 0 Å². The average Bonchev–Trinajstić information content (AvgIpc) is 3.19. The zero-order valence-electron chi connectivity index (χ0n) is 12.6. The Hall–Kier alpha value is -1.95. The number of esters is 3. The van der Waals surface area contributed by atoms with E-state index in [-0.39, 0.29) is 24.4 Å². The Labute approximate surface area is 128 Å². The molecule has 3 fully saturated rings. The number of rotatable bonds is 0. The fourth-order valence-corrected chi connectivity index (χ4v) is 1.13. The van der Waals surface area contributed by atoms with Crippen molar-refractivity contribution >= 4 is 17.9 Å². The number of hydrogen-bond donors (Lipinski definition) is 0. The minimum absolute atomic E-state index is 0.0671. The summed E-state index contributed by atoms with van der Waals surface area (Å²) in [6, 6.07) is 0. The van der Waals surface area contributed by atoms with Crippen molar-refractivity contribution in [2.75, 3.05) is 6.61 Å². The monoisotopic (exact) mass is 314 g/mol. The third-order valence-electron chi connectivity index (χ3n) is 2.38. The molecule has 0 aromatic heterocycles. The molecule has 122 valence electrons. The maximum absolute atomic E-state index is 10.3. The van der Waals surface area contributed by atoms with Crippen molar-refractivity contribution in [1.29, 1.82) is 0 Å². The van der Waals surface area contributed by atoms with Crippen LogP contribution in [0.4, 0.5) is 0 Å². The van der Waals surface area contributed by atoms with Crippen LogP contribution in [0.2, 0.25) is 0 Å². The summed E-state index contributed by atoms with van der Waals surface area (Å²) >= 11 is 0. The molecule has 3 aliphatic rings. The van der Waals surface area contributed by atoms with Crippen LogP contribution in [0.1, 0.15) is 33.6 Å². The van der Waals surface area contributed by atoms with Gasteiger partial charge in [-0.1, -0.05) is 6.92 Å². The van der Waals surface area contributed by atoms with Gasteiger partial charge in [0.05, 0.1) is 31.5 Å². The molecule has 8 nitrogen and oxygen atoms in total. The topological polar surface area (TPSA) is 122 Å². The number of ether oxygens (including phenoxy) is 3. The van der Waals surface area contributed by atoms with Gasteiger partial charge >= 0.3 is 40.5 Å². The molecule has 0 bridgehead atoms. The summed E-state index contributed by atoms with van der Waals surface area (Å²) in [5, 5.41) is 0. The van der Waals surface area contributed by atoms with Crippen molar-refractivity contribution < 1.29 is 37.9 Å². The van der Waals surface area contributed by atoms with Gasteiger partial charge in [-0.15, -0.1) is 0 Å². The molecule has 3 rings (SSSR count). The molecule has 3 atom stereocenters. The van der Waals surface area contributed by atoms with Gasteiger partial charge in [0.15, 0.2) is 0 Å². The van der Waals surface area contributed by atoms with E-state index in [9.17, 15) is 14.4 Å². The summed E-state index contributed by atoms with van der Waals surface area (Å²) in [4.78, 5) is 30.4. The predicted octanol–water partition coefficient (Wildman–Crippen LogP) is 0.748. The number of cyclic esters (lactones) is 3. The SMILES string of the molecule is CC1CC(=O)O1.CC1CC(=O)OC1=O.CC1CO1.[C-]#[O+].[C-]#[O+]. The van der Waals surface area contributed by atoms with Crippen LogP contribution in [0.5, 0.6) is 0 Å². The number of epoxide rings is 1. The second-order valence-electron chi connectivity index (χ2n) is 4.55. The molecule has 0 amide bonds. The Morgan fingerprint density at radius 1 is 0.909 bits per heavy atom. The molecule has 8 heteroatoms. The van der Waals surface area contributed by atoms with E-state index >= 15 is 0 Å². The first-order valence-electron chi connectivity index (χ1n) is 6.35. The van der Waals surface area contributed by atoms with Gasteiger partial charge in [0.25, 0.3) is 0 Å². The van der Waals surface area contributed by atoms with Crippen molar-refractivity contribution in [1.82, 2.24) is 0 Å². The van der Waals surface area contributed by atoms with Gasteiger partial charge < -0.3 is 14.2 Å². The average molecular weight is 314 g/mol. The van der Waals surface area contributed by atoms with Crippen LogP contribution in [0.25, 0.3) is 0 Å². The van der Waals surface area contributed by atoms with Gasteiger partial charge in [0.1, 0.15) is 6.10 Å². The van der Waals surface area contributed by atoms with E-state index in [1.165, 1.54) is 0 Å². The van der Waals surface area contributed by atoms with E-state index in [2.05, 4.69) is 29.7 Å². The minimum atomic E-state index is -0.400. The fourth-order valence-electron chi connectivity index (χ4n) is 1.13. The van der Waals surface area contributed by atoms with Gasteiger partial charge in [-0.05, 0) is 13.8 Å². The van der Waals surface area contributed by atoms with Gasteiger partial charge in [0.2, 0.25) is 0 Å². The molecule has 0 N–H and O–H groups in total. The van der Waals surface area contributed by atoms with Gasteiger partial charge in [-0.2, -0.15) is 0 Å². The van der Waals surface area contributed by atoms with Crippen molar-refractivity contribution in [3.8, 4) is 0 Å². The van der Waals surface area contributed by atoms with Crippen molar-refractivity contribution in [2.45, 2.75) is 45.8 Å². The Morgan fingerprint density at radius 2 is 1.32 bits per heavy atom. The first kappa shape index (κ1) is 22.3. The maximum atomic E-state index is 10.3. The zero-order valence-corrected chi connectivity index (χ0v) is 12.6. The summed E-state index contributed by atoms with van der Waals surface area (Å²) in [5.74, 6) is -1.08. The molecule has 3 heterocycles. The second-order valence-corrected chi connectivity index (χ2v) is 4.55. The van der Waals surface area contributed by atoms with E-state index in [0.717, 1.165) is 6.61 Å². The molecule has 22 heavy (non-hydrogen) atoms. The van der Waals surface area contributed by atoms with E-state index in [0.29, 0.717) is 12.5 Å². The quantitative estimate of drug-likeness (QED) is 0.214. The van der Waals surface area contributed by atoms with Gasteiger partial charge in [-0.25, -0.2) is 0 Å². The van der Waals surface area contributed by atoms with Gasteiger partial charge in [-0.3, -0.25) is 14.4 Å². The van der Waals surface area contributed by atoms with Crippen LogP contribution in [0.3, 0.4) is 0 Å². The van der Waals surface area contributed by atoms with Crippen LogP contribution in [-0.4, -0.2) is 36.7 Å². The summed E-state index contributed by atoms with van der Waals surface area (Å²) in [7, 11) is 0. The molecule has 0 radical (unpaired) electrons. The Kier molecular flexibility index (Phi) is 13.0. The molecule has 0 aromatic carbocycles. The summed E-state index contributed by atoms with van der Waals surface area (Å²) in [6.45, 7) is 15.6. The molecule has 0 aliphatic carbocycles. The second kappa shape index (κ2) is 12.8. The van der Waals surface area contributed by atoms with Crippen LogP contribution in [0, 0.1) is 19.2 Å². The molecule has 0 spiro atoms. The molecule has 3 aliphatic heterocycles. The molecule has 3 unspecified atom stereocenters. The van der Waals surface area contributed by atoms with Crippen LogP contribution >= 0.6 is 0 Å². The molecule has 0 saturated carbocycles. The summed E-state index contributed by atoms with van der Waals surface area (Å²) in [5.41, 5.74) is 0. The third kappa shape index (κ3) is 11.8.